The summed E-state index contributed by atoms with van der Waals surface area (Å²) in [5, 5.41) is 7.40. The summed E-state index contributed by atoms with van der Waals surface area (Å²) < 4.78 is 4.74. The van der Waals surface area contributed by atoms with Crippen LogP contribution in [0.15, 0.2) is 561 Å². The predicted molar refractivity (Wildman–Crippen MR) is 612 cm³/mol. The van der Waals surface area contributed by atoms with Crippen LogP contribution in [0.3, 0.4) is 0 Å². The molecule has 5 nitrogen and oxygen atoms in total. The maximum absolute atomic E-state index is 3.52. The van der Waals surface area contributed by atoms with Gasteiger partial charge in [0.15, 0.2) is 0 Å². The molecule has 0 bridgehead atoms. The molecule has 0 spiro atoms. The summed E-state index contributed by atoms with van der Waals surface area (Å²) in [6.07, 6.45) is 2.03. The van der Waals surface area contributed by atoms with Gasteiger partial charge in [0.05, 0.1) is 11.0 Å². The van der Waals surface area contributed by atoms with Gasteiger partial charge in [0, 0.05) is 93.7 Å². The molecule has 0 aliphatic heterocycles. The third-order valence-electron chi connectivity index (χ3n) is 27.8. The first-order chi connectivity index (χ1) is 70.7. The highest BCUT2D eigenvalue weighted by Gasteiger charge is 2.26. The fourth-order valence-electron chi connectivity index (χ4n) is 21.0. The minimum atomic E-state index is 0.968. The van der Waals surface area contributed by atoms with Crippen LogP contribution >= 0.6 is 31.9 Å². The normalized spacial score (nSPS) is 11.5. The number of benzene rings is 23. The van der Waals surface area contributed by atoms with E-state index < -0.39 is 0 Å². The lowest BCUT2D eigenvalue weighted by Crippen LogP contribution is -2.09. The summed E-state index contributed by atoms with van der Waals surface area (Å²) in [5.41, 5.74) is 42.4. The fraction of sp³-hybridized carbons (Fsp3) is 0.0147. The summed E-state index contributed by atoms with van der Waals surface area (Å²) in [7, 11) is 0. The van der Waals surface area contributed by atoms with Crippen LogP contribution in [0.25, 0.3) is 138 Å². The molecule has 0 unspecified atom stereocenters. The van der Waals surface area contributed by atoms with E-state index in [1.807, 2.05) is 0 Å². The van der Waals surface area contributed by atoms with Crippen molar-refractivity contribution in [2.24, 2.45) is 0 Å². The topological polar surface area (TPSA) is 17.9 Å². The molecule has 0 saturated heterocycles. The Bertz CT molecular complexity index is 8080. The number of para-hydroxylation sites is 8. The lowest BCUT2D eigenvalue weighted by Gasteiger charge is -2.25. The zero-order valence-electron chi connectivity index (χ0n) is 78.4. The van der Waals surface area contributed by atoms with Gasteiger partial charge >= 0.3 is 0 Å². The summed E-state index contributed by atoms with van der Waals surface area (Å²) in [4.78, 5) is 9.23. The van der Waals surface area contributed by atoms with Crippen LogP contribution in [-0.4, -0.2) is 4.57 Å². The van der Waals surface area contributed by atoms with Crippen molar-refractivity contribution in [3.05, 3.63) is 583 Å². The van der Waals surface area contributed by atoms with Gasteiger partial charge in [0.1, 0.15) is 0 Å². The van der Waals surface area contributed by atoms with Crippen molar-refractivity contribution in [1.29, 1.82) is 0 Å². The van der Waals surface area contributed by atoms with E-state index in [1.165, 1.54) is 132 Å². The Morgan fingerprint density at radius 2 is 0.357 bits per heavy atom. The van der Waals surface area contributed by atoms with Crippen molar-refractivity contribution in [3.8, 4) is 94.7 Å². The molecular weight excluding hydrogens is 1860 g/mol. The lowest BCUT2D eigenvalue weighted by atomic mass is 9.86. The smallest absolute Gasteiger partial charge is 0.0541 e. The van der Waals surface area contributed by atoms with E-state index in [0.717, 1.165) is 118 Å². The van der Waals surface area contributed by atoms with E-state index >= 15 is 0 Å². The Morgan fingerprint density at radius 3 is 0.629 bits per heavy atom. The van der Waals surface area contributed by atoms with Crippen molar-refractivity contribution in [2.75, 3.05) is 19.6 Å². The fourth-order valence-corrected chi connectivity index (χ4v) is 21.8. The lowest BCUT2D eigenvalue weighted by molar-refractivity contribution is 1.18. The van der Waals surface area contributed by atoms with E-state index in [4.69, 9.17) is 0 Å². The zero-order valence-corrected chi connectivity index (χ0v) is 81.6. The highest BCUT2D eigenvalue weighted by atomic mass is 79.9. The second-order valence-electron chi connectivity index (χ2n) is 36.5. The van der Waals surface area contributed by atoms with Crippen LogP contribution in [0, 0.1) is 0 Å². The van der Waals surface area contributed by atoms with Gasteiger partial charge in [-0.25, -0.2) is 0 Å². The standard InChI is InChI=1S/C74H51N3.C49H36N2.C13H8Br2/c1-6-20-54(21-7-1)73-65-30-16-18-32-67(65)74(68-33-19-17-31-66(68)73)55-38-46-64(47-39-55)77-71-48-40-56(52-34-42-62(43-35-52)75(58-22-8-2-9-23-58)59-24-10-3-11-25-59)50-69(71)70-51-57(41-49-72(70)77)53-36-44-63(45-37-53)76(60-26-12-4-13-27-60)61-28-14-5-15-29-61;1-5-13-42(14-6-1)50(43-15-7-2-8-16-43)46-29-25-36(26-30-46)38-21-23-40-33-41-24-22-39(35-49(41)48(40)34-38)37-27-31-47(32-28-37)51(44-17-9-3-10-18-44)45-19-11-4-12-20-45;14-10-3-1-8-5-9-2-4-11(15)7-13(9)12(8)6-10/h1-51H;1-32,34-35H,33H2;1-4,6-7H,5H2. The molecule has 0 atom stereocenters. The van der Waals surface area contributed by atoms with Crippen molar-refractivity contribution >= 4 is 143 Å². The molecule has 0 amide bonds. The van der Waals surface area contributed by atoms with Crippen molar-refractivity contribution in [3.63, 3.8) is 0 Å². The highest BCUT2D eigenvalue weighted by molar-refractivity contribution is 9.10. The number of fused-ring (bicyclic) bond motifs is 11. The number of hydrogen-bond acceptors (Lipinski definition) is 4. The Hall–Kier alpha value is -17.5. The monoisotopic (exact) mass is 1960 g/mol. The highest BCUT2D eigenvalue weighted by Crippen LogP contribution is 2.50. The molecular formula is C136H95Br2N5. The molecule has 26 rings (SSSR count). The van der Waals surface area contributed by atoms with Gasteiger partial charge in [-0.1, -0.05) is 366 Å². The first kappa shape index (κ1) is 88.2. The first-order valence-electron chi connectivity index (χ1n) is 48.8. The Labute approximate surface area is 851 Å². The number of aromatic nitrogens is 1. The van der Waals surface area contributed by atoms with Crippen LogP contribution in [0.1, 0.15) is 22.3 Å². The van der Waals surface area contributed by atoms with Crippen LogP contribution in [-0.2, 0) is 12.8 Å². The van der Waals surface area contributed by atoms with Gasteiger partial charge in [-0.05, 0) is 364 Å². The van der Waals surface area contributed by atoms with Gasteiger partial charge in [0.2, 0.25) is 0 Å². The molecule has 2 aliphatic carbocycles. The summed E-state index contributed by atoms with van der Waals surface area (Å²) in [6.45, 7) is 0. The van der Waals surface area contributed by atoms with Crippen molar-refractivity contribution in [2.45, 2.75) is 12.8 Å². The molecule has 7 heteroatoms. The van der Waals surface area contributed by atoms with E-state index in [1.54, 1.807) is 0 Å². The van der Waals surface area contributed by atoms with Crippen molar-refractivity contribution in [1.82, 2.24) is 4.57 Å². The van der Waals surface area contributed by atoms with Gasteiger partial charge in [0.25, 0.3) is 0 Å². The third kappa shape index (κ3) is 17.8. The maximum Gasteiger partial charge on any atom is 0.0541 e. The molecule has 678 valence electrons. The van der Waals surface area contributed by atoms with Gasteiger partial charge in [-0.2, -0.15) is 0 Å². The second-order valence-corrected chi connectivity index (χ2v) is 38.3. The summed E-state index contributed by atoms with van der Waals surface area (Å²) in [5.74, 6) is 0. The van der Waals surface area contributed by atoms with Gasteiger partial charge in [-0.3, -0.25) is 0 Å². The molecule has 0 radical (unpaired) electrons. The van der Waals surface area contributed by atoms with Gasteiger partial charge in [-0.15, -0.1) is 0 Å². The van der Waals surface area contributed by atoms with E-state index in [9.17, 15) is 0 Å². The molecule has 143 heavy (non-hydrogen) atoms. The summed E-state index contributed by atoms with van der Waals surface area (Å²) >= 11 is 7.05. The third-order valence-corrected chi connectivity index (χ3v) is 28.8. The van der Waals surface area contributed by atoms with E-state index in [0.29, 0.717) is 0 Å². The molecule has 0 saturated carbocycles. The molecule has 23 aromatic carbocycles. The average molecular weight is 1960 g/mol. The van der Waals surface area contributed by atoms with E-state index in [-0.39, 0.29) is 0 Å². The SMILES string of the molecule is Brc1ccc2c(c1)-c1cc(Br)ccc1C2.c1ccc(-c2c3ccccc3c(-c3ccc(-n4c5ccc(-c6ccc(N(c7ccccc7)c7ccccc7)cc6)cc5c5cc(-c6ccc(N(c7ccccc7)c7ccccc7)cc6)ccc54)cc3)c3ccccc23)cc1.c1ccc(N(c2ccccc2)c2ccc(-c3ccc4c(c3)-c3cc(-c5ccc(N(c6ccccc6)c6ccccc6)cc5)ccc3C4)cc2)cc1. The largest absolute Gasteiger partial charge is 0.311 e. The minimum Gasteiger partial charge on any atom is -0.311 e. The number of halogens is 2. The quantitative estimate of drug-likeness (QED) is 0.0751. The van der Waals surface area contributed by atoms with E-state index in [2.05, 4.69) is 608 Å². The van der Waals surface area contributed by atoms with Crippen LogP contribution in [0.5, 0.6) is 0 Å². The molecule has 1 aromatic heterocycles. The van der Waals surface area contributed by atoms with Gasteiger partial charge < -0.3 is 24.2 Å². The average Bonchev–Trinajstić information content (AvgIpc) is 1.65. The Morgan fingerprint density at radius 1 is 0.154 bits per heavy atom. The number of anilines is 12. The molecule has 0 fully saturated rings. The van der Waals surface area contributed by atoms with Crippen LogP contribution in [0.4, 0.5) is 68.2 Å². The van der Waals surface area contributed by atoms with Crippen LogP contribution in [0.2, 0.25) is 0 Å². The predicted octanol–water partition coefficient (Wildman–Crippen LogP) is 39.0. The number of nitrogens with zero attached hydrogens (tertiary/aromatic N) is 5. The number of hydrogen-bond donors (Lipinski definition) is 0. The molecule has 0 N–H and O–H groups in total. The second kappa shape index (κ2) is 39.4. The maximum atomic E-state index is 3.52. The zero-order chi connectivity index (χ0) is 95.5. The summed E-state index contributed by atoms with van der Waals surface area (Å²) in [6, 6.07) is 199. The van der Waals surface area contributed by atoms with Crippen LogP contribution < -0.4 is 19.6 Å². The Kier molecular flexibility index (Phi) is 24.3. The Balaban J connectivity index is 0.000000142. The minimum absolute atomic E-state index is 0.968. The molecule has 2 aliphatic rings. The molecule has 24 aromatic rings. The first-order valence-corrected chi connectivity index (χ1v) is 50.4. The van der Waals surface area contributed by atoms with Crippen molar-refractivity contribution < 1.29 is 0 Å². The number of rotatable bonds is 19. The molecule has 1 heterocycles.